The van der Waals surface area contributed by atoms with Crippen LogP contribution in [0.5, 0.6) is 0 Å². The van der Waals surface area contributed by atoms with E-state index in [1.54, 1.807) is 12.1 Å². The Labute approximate surface area is 115 Å². The monoisotopic (exact) mass is 312 g/mol. The number of nitrogens with zero attached hydrogens (tertiary/aromatic N) is 1. The Hall–Kier alpha value is -0.450. The van der Waals surface area contributed by atoms with Crippen molar-refractivity contribution in [3.63, 3.8) is 0 Å². The van der Waals surface area contributed by atoms with Gasteiger partial charge in [-0.3, -0.25) is 4.90 Å². The maximum atomic E-state index is 14.1. The van der Waals surface area contributed by atoms with Crippen molar-refractivity contribution >= 4 is 15.9 Å². The zero-order valence-corrected chi connectivity index (χ0v) is 11.9. The SMILES string of the molecule is NCC1CCN(C2CC2)C1c1cc(Br)ccc1F. The fourth-order valence-electron chi connectivity index (χ4n) is 3.12. The first kappa shape index (κ1) is 12.6. The molecule has 0 spiro atoms. The summed E-state index contributed by atoms with van der Waals surface area (Å²) >= 11 is 3.44. The van der Waals surface area contributed by atoms with Crippen molar-refractivity contribution in [2.75, 3.05) is 13.1 Å². The Morgan fingerprint density at radius 3 is 2.78 bits per heavy atom. The second-order valence-corrected chi connectivity index (χ2v) is 6.28. The van der Waals surface area contributed by atoms with Crippen molar-refractivity contribution in [2.24, 2.45) is 11.7 Å². The van der Waals surface area contributed by atoms with E-state index in [0.29, 0.717) is 18.5 Å². The third-order valence-electron chi connectivity index (χ3n) is 4.16. The van der Waals surface area contributed by atoms with Crippen molar-refractivity contribution in [2.45, 2.75) is 31.3 Å². The van der Waals surface area contributed by atoms with Crippen LogP contribution >= 0.6 is 15.9 Å². The smallest absolute Gasteiger partial charge is 0.128 e. The van der Waals surface area contributed by atoms with E-state index >= 15 is 0 Å². The highest BCUT2D eigenvalue weighted by atomic mass is 79.9. The molecule has 98 valence electrons. The van der Waals surface area contributed by atoms with Crippen LogP contribution in [0.25, 0.3) is 0 Å². The second-order valence-electron chi connectivity index (χ2n) is 5.36. The molecule has 1 aromatic carbocycles. The van der Waals surface area contributed by atoms with Gasteiger partial charge in [0.15, 0.2) is 0 Å². The number of hydrogen-bond donors (Lipinski definition) is 1. The molecule has 1 aliphatic heterocycles. The normalized spacial score (nSPS) is 28.8. The van der Waals surface area contributed by atoms with E-state index in [9.17, 15) is 4.39 Å². The molecule has 2 unspecified atom stereocenters. The van der Waals surface area contributed by atoms with Gasteiger partial charge in [0.05, 0.1) is 0 Å². The Kier molecular flexibility index (Phi) is 3.43. The van der Waals surface area contributed by atoms with Gasteiger partial charge >= 0.3 is 0 Å². The van der Waals surface area contributed by atoms with Gasteiger partial charge in [0, 0.05) is 22.1 Å². The van der Waals surface area contributed by atoms with Gasteiger partial charge in [-0.25, -0.2) is 4.39 Å². The van der Waals surface area contributed by atoms with Crippen LogP contribution in [0, 0.1) is 11.7 Å². The summed E-state index contributed by atoms with van der Waals surface area (Å²) in [5, 5.41) is 0. The molecule has 1 aromatic rings. The standard InChI is InChI=1S/C14H18BrFN2/c15-10-1-4-13(16)12(7-10)14-9(8-17)5-6-18(14)11-2-3-11/h1,4,7,9,11,14H,2-3,5-6,8,17H2. The molecule has 1 heterocycles. The maximum Gasteiger partial charge on any atom is 0.128 e. The molecule has 2 atom stereocenters. The average molecular weight is 313 g/mol. The van der Waals surface area contributed by atoms with Gasteiger partial charge in [0.2, 0.25) is 0 Å². The van der Waals surface area contributed by atoms with Crippen LogP contribution in [0.3, 0.4) is 0 Å². The molecule has 1 saturated carbocycles. The van der Waals surface area contributed by atoms with Crippen LogP contribution in [0.1, 0.15) is 30.9 Å². The Bertz CT molecular complexity index is 447. The zero-order valence-electron chi connectivity index (χ0n) is 10.3. The van der Waals surface area contributed by atoms with E-state index in [2.05, 4.69) is 20.8 Å². The van der Waals surface area contributed by atoms with Crippen LogP contribution in [0.2, 0.25) is 0 Å². The molecule has 1 saturated heterocycles. The quantitative estimate of drug-likeness (QED) is 0.929. The number of benzene rings is 1. The highest BCUT2D eigenvalue weighted by Crippen LogP contribution is 2.44. The van der Waals surface area contributed by atoms with Gasteiger partial charge in [-0.1, -0.05) is 15.9 Å². The summed E-state index contributed by atoms with van der Waals surface area (Å²) in [6.45, 7) is 1.70. The van der Waals surface area contributed by atoms with Crippen molar-refractivity contribution in [3.8, 4) is 0 Å². The number of nitrogens with two attached hydrogens (primary N) is 1. The largest absolute Gasteiger partial charge is 0.330 e. The first-order valence-corrected chi connectivity index (χ1v) is 7.40. The summed E-state index contributed by atoms with van der Waals surface area (Å²) in [7, 11) is 0. The maximum absolute atomic E-state index is 14.1. The fourth-order valence-corrected chi connectivity index (χ4v) is 3.50. The first-order chi connectivity index (χ1) is 8.70. The Morgan fingerprint density at radius 2 is 2.11 bits per heavy atom. The number of halogens is 2. The summed E-state index contributed by atoms with van der Waals surface area (Å²) < 4.78 is 15.0. The highest BCUT2D eigenvalue weighted by Gasteiger charge is 2.42. The van der Waals surface area contributed by atoms with Crippen LogP contribution in [-0.4, -0.2) is 24.0 Å². The molecule has 2 N–H and O–H groups in total. The molecule has 18 heavy (non-hydrogen) atoms. The second kappa shape index (κ2) is 4.91. The molecule has 0 amide bonds. The van der Waals surface area contributed by atoms with Gasteiger partial charge in [-0.15, -0.1) is 0 Å². The lowest BCUT2D eigenvalue weighted by molar-refractivity contribution is 0.215. The summed E-state index contributed by atoms with van der Waals surface area (Å²) in [6, 6.07) is 6.05. The van der Waals surface area contributed by atoms with Gasteiger partial charge in [-0.2, -0.15) is 0 Å². The molecular weight excluding hydrogens is 295 g/mol. The van der Waals surface area contributed by atoms with Crippen molar-refractivity contribution in [3.05, 3.63) is 34.1 Å². The average Bonchev–Trinajstić information content (AvgIpc) is 3.12. The highest BCUT2D eigenvalue weighted by molar-refractivity contribution is 9.10. The van der Waals surface area contributed by atoms with E-state index in [4.69, 9.17) is 5.73 Å². The van der Waals surface area contributed by atoms with Gasteiger partial charge in [0.25, 0.3) is 0 Å². The molecule has 2 nitrogen and oxygen atoms in total. The predicted octanol–water partition coefficient (Wildman–Crippen LogP) is 3.07. The fraction of sp³-hybridized carbons (Fsp3) is 0.571. The van der Waals surface area contributed by atoms with Crippen molar-refractivity contribution in [1.29, 1.82) is 0 Å². The Balaban J connectivity index is 1.97. The molecule has 0 bridgehead atoms. The van der Waals surface area contributed by atoms with E-state index in [1.165, 1.54) is 12.8 Å². The minimum Gasteiger partial charge on any atom is -0.330 e. The van der Waals surface area contributed by atoms with E-state index in [0.717, 1.165) is 23.0 Å². The molecule has 4 heteroatoms. The molecule has 1 aliphatic carbocycles. The molecule has 3 rings (SSSR count). The summed E-state index contributed by atoms with van der Waals surface area (Å²) in [5.41, 5.74) is 6.68. The lowest BCUT2D eigenvalue weighted by Crippen LogP contribution is -2.30. The topological polar surface area (TPSA) is 29.3 Å². The van der Waals surface area contributed by atoms with Crippen LogP contribution in [-0.2, 0) is 0 Å². The van der Waals surface area contributed by atoms with Crippen molar-refractivity contribution < 1.29 is 4.39 Å². The number of rotatable bonds is 3. The molecule has 0 aromatic heterocycles. The van der Waals surface area contributed by atoms with Gasteiger partial charge < -0.3 is 5.73 Å². The van der Waals surface area contributed by atoms with Gasteiger partial charge in [0.1, 0.15) is 5.82 Å². The molecule has 2 fully saturated rings. The minimum absolute atomic E-state index is 0.103. The lowest BCUT2D eigenvalue weighted by Gasteiger charge is -2.28. The Morgan fingerprint density at radius 1 is 1.33 bits per heavy atom. The predicted molar refractivity (Wildman–Crippen MR) is 73.7 cm³/mol. The van der Waals surface area contributed by atoms with Gasteiger partial charge in [-0.05, 0) is 56.5 Å². The summed E-state index contributed by atoms with van der Waals surface area (Å²) in [5.74, 6) is 0.281. The molecule has 0 radical (unpaired) electrons. The zero-order chi connectivity index (χ0) is 12.7. The molecule has 2 aliphatic rings. The number of likely N-dealkylation sites (tertiary alicyclic amines) is 1. The summed E-state index contributed by atoms with van der Waals surface area (Å²) in [4.78, 5) is 2.46. The number of hydrogen-bond acceptors (Lipinski definition) is 2. The third-order valence-corrected chi connectivity index (χ3v) is 4.65. The minimum atomic E-state index is -0.103. The van der Waals surface area contributed by atoms with Crippen molar-refractivity contribution in [1.82, 2.24) is 4.90 Å². The van der Waals surface area contributed by atoms with E-state index in [1.807, 2.05) is 6.07 Å². The van der Waals surface area contributed by atoms with Crippen LogP contribution < -0.4 is 5.73 Å². The summed E-state index contributed by atoms with van der Waals surface area (Å²) in [6.07, 6.45) is 3.59. The molecular formula is C14H18BrFN2. The van der Waals surface area contributed by atoms with E-state index in [-0.39, 0.29) is 11.9 Å². The van der Waals surface area contributed by atoms with Crippen LogP contribution in [0.15, 0.2) is 22.7 Å². The first-order valence-electron chi connectivity index (χ1n) is 6.61. The van der Waals surface area contributed by atoms with E-state index < -0.39 is 0 Å². The van der Waals surface area contributed by atoms with Crippen LogP contribution in [0.4, 0.5) is 4.39 Å². The lowest BCUT2D eigenvalue weighted by atomic mass is 9.93. The third kappa shape index (κ3) is 2.22.